The topological polar surface area (TPSA) is 59.7 Å². The fraction of sp³-hybridized carbons (Fsp3) is 0.806. The Morgan fingerprint density at radius 3 is 2.35 bits per heavy atom. The summed E-state index contributed by atoms with van der Waals surface area (Å²) in [5.74, 6) is 2.23. The van der Waals surface area contributed by atoms with E-state index < -0.39 is 5.60 Å². The zero-order valence-corrected chi connectivity index (χ0v) is 25.6. The number of allylic oxidation sites excluding steroid dienone is 1. The van der Waals surface area contributed by atoms with Gasteiger partial charge in [0, 0.05) is 12.0 Å². The van der Waals surface area contributed by atoms with Crippen molar-refractivity contribution >= 4 is 12.0 Å². The van der Waals surface area contributed by atoms with Gasteiger partial charge >= 0.3 is 5.97 Å². The normalized spacial score (nSPS) is 33.8. The number of esters is 1. The third kappa shape index (κ3) is 6.27. The summed E-state index contributed by atoms with van der Waals surface area (Å²) in [7, 11) is 0. The van der Waals surface area contributed by atoms with E-state index in [4.69, 9.17) is 9.15 Å². The van der Waals surface area contributed by atoms with Crippen molar-refractivity contribution < 1.29 is 19.1 Å². The van der Waals surface area contributed by atoms with Gasteiger partial charge in [-0.1, -0.05) is 97.0 Å². The Morgan fingerprint density at radius 1 is 0.975 bits per heavy atom. The van der Waals surface area contributed by atoms with Crippen LogP contribution in [0, 0.1) is 22.7 Å². The van der Waals surface area contributed by atoms with Crippen molar-refractivity contribution in [1.29, 1.82) is 0 Å². The molecule has 2 bridgehead atoms. The third-order valence-corrected chi connectivity index (χ3v) is 11.7. The average molecular weight is 553 g/mol. The zero-order chi connectivity index (χ0) is 28.1. The first kappa shape index (κ1) is 29.9. The summed E-state index contributed by atoms with van der Waals surface area (Å²) >= 11 is 0. The van der Waals surface area contributed by atoms with Gasteiger partial charge in [0.25, 0.3) is 0 Å². The molecule has 1 N–H and O–H groups in total. The first-order chi connectivity index (χ1) is 19.4. The average Bonchev–Trinajstić information content (AvgIpc) is 3.50. The van der Waals surface area contributed by atoms with Gasteiger partial charge in [-0.15, -0.1) is 0 Å². The minimum atomic E-state index is -0.858. The van der Waals surface area contributed by atoms with Gasteiger partial charge in [-0.05, 0) is 85.7 Å². The number of unbranched alkanes of at least 4 members (excludes halogenated alkanes) is 12. The molecular formula is C36H56O4. The Labute approximate surface area is 243 Å². The first-order valence-corrected chi connectivity index (χ1v) is 17.0. The Balaban J connectivity index is 0.995. The molecule has 40 heavy (non-hydrogen) atoms. The highest BCUT2D eigenvalue weighted by atomic mass is 16.5. The number of hydrogen-bond acceptors (Lipinski definition) is 4. The maximum atomic E-state index is 12.6. The third-order valence-electron chi connectivity index (χ3n) is 11.7. The van der Waals surface area contributed by atoms with Crippen LogP contribution in [-0.4, -0.2) is 23.3 Å². The molecule has 3 saturated carbocycles. The lowest BCUT2D eigenvalue weighted by molar-refractivity contribution is -0.154. The number of hydrogen-bond donors (Lipinski definition) is 1. The fourth-order valence-electron chi connectivity index (χ4n) is 9.60. The second kappa shape index (κ2) is 13.2. The smallest absolute Gasteiger partial charge is 0.305 e. The van der Waals surface area contributed by atoms with Crippen LogP contribution in [0.15, 0.2) is 22.8 Å². The van der Waals surface area contributed by atoms with E-state index in [1.165, 1.54) is 76.2 Å². The van der Waals surface area contributed by atoms with Gasteiger partial charge in [-0.3, -0.25) is 4.79 Å². The second-order valence-electron chi connectivity index (χ2n) is 14.4. The number of ether oxygens (including phenoxy) is 1. The van der Waals surface area contributed by atoms with E-state index in [2.05, 4.69) is 32.1 Å². The van der Waals surface area contributed by atoms with E-state index >= 15 is 0 Å². The predicted octanol–water partition coefficient (Wildman–Crippen LogP) is 9.75. The molecule has 1 aromatic heterocycles. The molecule has 4 nitrogen and oxygen atoms in total. The molecule has 1 heterocycles. The summed E-state index contributed by atoms with van der Waals surface area (Å²) in [6, 6.07) is 2.17. The highest BCUT2D eigenvalue weighted by Gasteiger charge is 2.65. The van der Waals surface area contributed by atoms with Crippen LogP contribution in [0.3, 0.4) is 0 Å². The Kier molecular flexibility index (Phi) is 9.86. The molecule has 0 aromatic carbocycles. The van der Waals surface area contributed by atoms with Crippen molar-refractivity contribution in [3.8, 4) is 0 Å². The van der Waals surface area contributed by atoms with Crippen LogP contribution in [0.25, 0.3) is 6.08 Å². The molecule has 5 rings (SSSR count). The van der Waals surface area contributed by atoms with Crippen LogP contribution in [0.1, 0.15) is 160 Å². The maximum Gasteiger partial charge on any atom is 0.305 e. The van der Waals surface area contributed by atoms with E-state index in [1.807, 2.05) is 6.26 Å². The van der Waals surface area contributed by atoms with Crippen molar-refractivity contribution in [2.45, 2.75) is 154 Å². The van der Waals surface area contributed by atoms with E-state index in [0.717, 1.165) is 57.1 Å². The highest BCUT2D eigenvalue weighted by molar-refractivity contribution is 5.69. The molecule has 224 valence electrons. The second-order valence-corrected chi connectivity index (χ2v) is 14.4. The molecular weight excluding hydrogens is 496 g/mol. The minimum Gasteiger partial charge on any atom is -0.465 e. The van der Waals surface area contributed by atoms with Gasteiger partial charge in [-0.25, -0.2) is 0 Å². The van der Waals surface area contributed by atoms with Gasteiger partial charge in [0.1, 0.15) is 18.0 Å². The number of fused-ring (bicyclic) bond motifs is 5. The van der Waals surface area contributed by atoms with Crippen LogP contribution in [0.2, 0.25) is 0 Å². The van der Waals surface area contributed by atoms with Crippen LogP contribution in [0.5, 0.6) is 0 Å². The lowest BCUT2D eigenvalue weighted by Crippen LogP contribution is -2.49. The number of rotatable bonds is 16. The fourth-order valence-corrected chi connectivity index (χ4v) is 9.60. The molecule has 4 aliphatic rings. The van der Waals surface area contributed by atoms with Crippen molar-refractivity contribution in [2.24, 2.45) is 22.7 Å². The predicted molar refractivity (Wildman–Crippen MR) is 162 cm³/mol. The summed E-state index contributed by atoms with van der Waals surface area (Å²) in [5.41, 5.74) is 0.784. The molecule has 0 aliphatic heterocycles. The van der Waals surface area contributed by atoms with Crippen molar-refractivity contribution in [1.82, 2.24) is 0 Å². The summed E-state index contributed by atoms with van der Waals surface area (Å²) < 4.78 is 11.5. The lowest BCUT2D eigenvalue weighted by atomic mass is 9.46. The molecule has 0 unspecified atom stereocenters. The molecule has 0 radical (unpaired) electrons. The Hall–Kier alpha value is -1.55. The van der Waals surface area contributed by atoms with E-state index in [-0.39, 0.29) is 29.3 Å². The molecule has 1 aromatic rings. The van der Waals surface area contributed by atoms with Gasteiger partial charge in [0.05, 0.1) is 6.26 Å². The van der Waals surface area contributed by atoms with Gasteiger partial charge in [-0.2, -0.15) is 0 Å². The van der Waals surface area contributed by atoms with E-state index in [0.29, 0.717) is 18.3 Å². The summed E-state index contributed by atoms with van der Waals surface area (Å²) in [6.07, 6.45) is 30.2. The van der Waals surface area contributed by atoms with Crippen LogP contribution >= 0.6 is 0 Å². The van der Waals surface area contributed by atoms with Crippen molar-refractivity contribution in [3.63, 3.8) is 0 Å². The molecule has 0 amide bonds. The van der Waals surface area contributed by atoms with Crippen LogP contribution < -0.4 is 0 Å². The van der Waals surface area contributed by atoms with Crippen molar-refractivity contribution in [2.75, 3.05) is 6.61 Å². The number of carbonyl (C=O) groups is 1. The number of aliphatic hydroxyl groups is 1. The summed E-state index contributed by atoms with van der Waals surface area (Å²) in [4.78, 5) is 12.6. The molecule has 4 aliphatic carbocycles. The molecule has 0 saturated heterocycles. The zero-order valence-electron chi connectivity index (χ0n) is 25.6. The monoisotopic (exact) mass is 552 g/mol. The lowest BCUT2D eigenvalue weighted by Gasteiger charge is -2.58. The molecule has 3 fully saturated rings. The van der Waals surface area contributed by atoms with Crippen molar-refractivity contribution in [3.05, 3.63) is 29.7 Å². The Bertz CT molecular complexity index is 995. The SMILES string of the molecule is CCCCCCCCCCCCCCCC(=O)OC[C@@]1(O)C[C@@]23CC[C@@H]4c5ccoc5C=C[C@@]4(C)[C@@H]2CC[C@@H]1C3. The van der Waals surface area contributed by atoms with Crippen LogP contribution in [0.4, 0.5) is 0 Å². The maximum absolute atomic E-state index is 12.6. The van der Waals surface area contributed by atoms with Gasteiger partial charge in [0.2, 0.25) is 0 Å². The van der Waals surface area contributed by atoms with Gasteiger partial charge in [0.15, 0.2) is 0 Å². The number of carbonyl (C=O) groups excluding carboxylic acids is 1. The largest absolute Gasteiger partial charge is 0.465 e. The Morgan fingerprint density at radius 2 is 1.65 bits per heavy atom. The molecule has 6 atom stereocenters. The molecule has 1 spiro atoms. The van der Waals surface area contributed by atoms with E-state index in [1.54, 1.807) is 0 Å². The first-order valence-electron chi connectivity index (χ1n) is 17.0. The summed E-state index contributed by atoms with van der Waals surface area (Å²) in [5, 5.41) is 11.8. The van der Waals surface area contributed by atoms with E-state index in [9.17, 15) is 9.90 Å². The quantitative estimate of drug-likeness (QED) is 0.164. The summed E-state index contributed by atoms with van der Waals surface area (Å²) in [6.45, 7) is 4.91. The molecule has 4 heteroatoms. The van der Waals surface area contributed by atoms with Gasteiger partial charge < -0.3 is 14.3 Å². The standard InChI is InChI=1S/C36H56O4/c1-3-4-5-6-7-8-9-10-11-12-13-14-15-16-33(37)40-27-36(38)26-35-23-19-30-29-21-24-39-31(29)20-22-34(30,2)32(35)18-17-28(36)25-35/h20-22,24,28,30,32,38H,3-19,23,25-27H2,1-2H3/t28-,30-,32+,34-,35+,36+/m1/s1. The minimum absolute atomic E-state index is 0.107. The highest BCUT2D eigenvalue weighted by Crippen LogP contribution is 2.71. The number of furan rings is 1. The van der Waals surface area contributed by atoms with Crippen LogP contribution in [-0.2, 0) is 9.53 Å².